The van der Waals surface area contributed by atoms with Crippen LogP contribution in [0.2, 0.25) is 0 Å². The molecule has 0 amide bonds. The summed E-state index contributed by atoms with van der Waals surface area (Å²) in [6.07, 6.45) is 3.18. The lowest BCUT2D eigenvalue weighted by Crippen LogP contribution is -2.22. The van der Waals surface area contributed by atoms with E-state index < -0.39 is 0 Å². The van der Waals surface area contributed by atoms with Crippen molar-refractivity contribution in [2.24, 2.45) is 0 Å². The van der Waals surface area contributed by atoms with E-state index in [2.05, 4.69) is 0 Å². The third kappa shape index (κ3) is 4.49. The van der Waals surface area contributed by atoms with E-state index >= 15 is 0 Å². The van der Waals surface area contributed by atoms with Gasteiger partial charge in [-0.2, -0.15) is 0 Å². The normalized spacial score (nSPS) is 10.6. The zero-order valence-electron chi connectivity index (χ0n) is 10.8. The molecule has 0 aromatic heterocycles. The number of ether oxygens (including phenoxy) is 1. The van der Waals surface area contributed by atoms with Crippen LogP contribution in [-0.4, -0.2) is 30.8 Å². The Kier molecular flexibility index (Phi) is 5.77. The highest BCUT2D eigenvalue weighted by atomic mass is 16.5. The second-order valence-corrected chi connectivity index (χ2v) is 3.71. The smallest absolute Gasteiger partial charge is 0.330 e. The fourth-order valence-corrected chi connectivity index (χ4v) is 1.57. The summed E-state index contributed by atoms with van der Waals surface area (Å²) in [5.41, 5.74) is 0.922. The summed E-state index contributed by atoms with van der Waals surface area (Å²) in [5.74, 6) is -0.0928. The maximum atomic E-state index is 11.1. The molecule has 4 heteroatoms. The number of rotatable bonds is 6. The van der Waals surface area contributed by atoms with Gasteiger partial charge in [-0.3, -0.25) is 0 Å². The standard InChI is InChI=1S/C14H19NO3/c1-3-15(10-6-9-14(17)18-4-2)12-7-5-8-13(16)11-12/h5-9,11,16H,3-4,10H2,1-2H3/b9-6+. The number of hydrogen-bond acceptors (Lipinski definition) is 4. The van der Waals surface area contributed by atoms with Crippen LogP contribution in [0.25, 0.3) is 0 Å². The van der Waals surface area contributed by atoms with Crippen molar-refractivity contribution >= 4 is 11.7 Å². The first-order valence-corrected chi connectivity index (χ1v) is 6.04. The van der Waals surface area contributed by atoms with Crippen LogP contribution in [-0.2, 0) is 9.53 Å². The van der Waals surface area contributed by atoms with Gasteiger partial charge in [-0.05, 0) is 26.0 Å². The Morgan fingerprint density at radius 3 is 2.83 bits per heavy atom. The van der Waals surface area contributed by atoms with Gasteiger partial charge in [0.1, 0.15) is 5.75 Å². The molecule has 1 N–H and O–H groups in total. The molecule has 0 unspecified atom stereocenters. The van der Waals surface area contributed by atoms with Crippen molar-refractivity contribution in [3.05, 3.63) is 36.4 Å². The number of phenolic OH excluding ortho intramolecular Hbond substituents is 1. The Balaban J connectivity index is 2.60. The molecule has 0 radical (unpaired) electrons. The van der Waals surface area contributed by atoms with Crippen LogP contribution in [0.3, 0.4) is 0 Å². The van der Waals surface area contributed by atoms with Gasteiger partial charge in [-0.25, -0.2) is 4.79 Å². The summed E-state index contributed by atoms with van der Waals surface area (Å²) in [6, 6.07) is 7.04. The maximum Gasteiger partial charge on any atom is 0.330 e. The number of carbonyl (C=O) groups is 1. The summed E-state index contributed by atoms with van der Waals surface area (Å²) < 4.78 is 4.80. The first kappa shape index (κ1) is 14.1. The van der Waals surface area contributed by atoms with Crippen LogP contribution in [0, 0.1) is 0 Å². The molecule has 18 heavy (non-hydrogen) atoms. The molecule has 0 atom stereocenters. The lowest BCUT2D eigenvalue weighted by atomic mass is 10.2. The average Bonchev–Trinajstić information content (AvgIpc) is 2.35. The zero-order valence-corrected chi connectivity index (χ0v) is 10.8. The van der Waals surface area contributed by atoms with E-state index in [1.807, 2.05) is 17.9 Å². The summed E-state index contributed by atoms with van der Waals surface area (Å²) in [4.78, 5) is 13.2. The monoisotopic (exact) mass is 249 g/mol. The van der Waals surface area contributed by atoms with Crippen molar-refractivity contribution in [2.75, 3.05) is 24.6 Å². The predicted octanol–water partition coefficient (Wildman–Crippen LogP) is 2.34. The van der Waals surface area contributed by atoms with Crippen LogP contribution in [0.1, 0.15) is 13.8 Å². The number of phenols is 1. The van der Waals surface area contributed by atoms with Crippen LogP contribution in [0.4, 0.5) is 5.69 Å². The highest BCUT2D eigenvalue weighted by Crippen LogP contribution is 2.19. The molecule has 0 aliphatic rings. The second-order valence-electron chi connectivity index (χ2n) is 3.71. The lowest BCUT2D eigenvalue weighted by molar-refractivity contribution is -0.137. The Hall–Kier alpha value is -1.97. The third-order valence-electron chi connectivity index (χ3n) is 2.44. The van der Waals surface area contributed by atoms with Crippen molar-refractivity contribution in [1.29, 1.82) is 0 Å². The number of anilines is 1. The summed E-state index contributed by atoms with van der Waals surface area (Å²) in [5, 5.41) is 9.42. The molecule has 0 heterocycles. The summed E-state index contributed by atoms with van der Waals surface area (Å²) >= 11 is 0. The summed E-state index contributed by atoms with van der Waals surface area (Å²) in [6.45, 7) is 5.56. The minimum Gasteiger partial charge on any atom is -0.508 e. The minimum absolute atomic E-state index is 0.236. The Bertz CT molecular complexity index is 415. The van der Waals surface area contributed by atoms with Gasteiger partial charge >= 0.3 is 5.97 Å². The molecule has 1 aromatic rings. The van der Waals surface area contributed by atoms with E-state index in [4.69, 9.17) is 4.74 Å². The molecule has 1 aromatic carbocycles. The van der Waals surface area contributed by atoms with E-state index in [0.717, 1.165) is 12.2 Å². The number of benzene rings is 1. The molecular formula is C14H19NO3. The molecule has 0 aliphatic heterocycles. The number of aromatic hydroxyl groups is 1. The van der Waals surface area contributed by atoms with Crippen molar-refractivity contribution in [2.45, 2.75) is 13.8 Å². The topological polar surface area (TPSA) is 49.8 Å². The van der Waals surface area contributed by atoms with Gasteiger partial charge in [0, 0.05) is 30.9 Å². The fourth-order valence-electron chi connectivity index (χ4n) is 1.57. The fraction of sp³-hybridized carbons (Fsp3) is 0.357. The van der Waals surface area contributed by atoms with E-state index in [9.17, 15) is 9.90 Å². The molecule has 4 nitrogen and oxygen atoms in total. The van der Waals surface area contributed by atoms with Gasteiger partial charge < -0.3 is 14.7 Å². The highest BCUT2D eigenvalue weighted by Gasteiger charge is 2.03. The van der Waals surface area contributed by atoms with E-state index in [-0.39, 0.29) is 11.7 Å². The van der Waals surface area contributed by atoms with Gasteiger partial charge in [0.05, 0.1) is 6.61 Å². The van der Waals surface area contributed by atoms with Crippen molar-refractivity contribution in [3.8, 4) is 5.75 Å². The number of carbonyl (C=O) groups excluding carboxylic acids is 1. The van der Waals surface area contributed by atoms with E-state index in [1.165, 1.54) is 6.08 Å². The van der Waals surface area contributed by atoms with Crippen LogP contribution < -0.4 is 4.90 Å². The predicted molar refractivity (Wildman–Crippen MR) is 71.8 cm³/mol. The Morgan fingerprint density at radius 2 is 2.22 bits per heavy atom. The molecule has 1 rings (SSSR count). The van der Waals surface area contributed by atoms with Crippen LogP contribution in [0.5, 0.6) is 5.75 Å². The number of likely N-dealkylation sites (N-methyl/N-ethyl adjacent to an activating group) is 1. The lowest BCUT2D eigenvalue weighted by Gasteiger charge is -2.21. The van der Waals surface area contributed by atoms with Crippen LogP contribution in [0.15, 0.2) is 36.4 Å². The number of nitrogens with zero attached hydrogens (tertiary/aromatic N) is 1. The third-order valence-corrected chi connectivity index (χ3v) is 2.44. The van der Waals surface area contributed by atoms with Crippen molar-refractivity contribution < 1.29 is 14.6 Å². The van der Waals surface area contributed by atoms with Gasteiger partial charge in [0.25, 0.3) is 0 Å². The number of esters is 1. The molecular weight excluding hydrogens is 230 g/mol. The molecule has 98 valence electrons. The molecule has 0 saturated carbocycles. The van der Waals surface area contributed by atoms with Crippen molar-refractivity contribution in [1.82, 2.24) is 0 Å². The quantitative estimate of drug-likeness (QED) is 0.621. The molecule has 0 aliphatic carbocycles. The van der Waals surface area contributed by atoms with Gasteiger partial charge in [-0.1, -0.05) is 12.1 Å². The molecule has 0 bridgehead atoms. The first-order valence-electron chi connectivity index (χ1n) is 6.04. The van der Waals surface area contributed by atoms with Crippen molar-refractivity contribution in [3.63, 3.8) is 0 Å². The maximum absolute atomic E-state index is 11.1. The zero-order chi connectivity index (χ0) is 13.4. The van der Waals surface area contributed by atoms with Gasteiger partial charge in [0.2, 0.25) is 0 Å². The van der Waals surface area contributed by atoms with Crippen LogP contribution >= 0.6 is 0 Å². The minimum atomic E-state index is -0.329. The van der Waals surface area contributed by atoms with Gasteiger partial charge in [-0.15, -0.1) is 0 Å². The highest BCUT2D eigenvalue weighted by molar-refractivity contribution is 5.81. The summed E-state index contributed by atoms with van der Waals surface area (Å²) in [7, 11) is 0. The Labute approximate surface area is 107 Å². The van der Waals surface area contributed by atoms with E-state index in [0.29, 0.717) is 13.2 Å². The second kappa shape index (κ2) is 7.37. The van der Waals surface area contributed by atoms with E-state index in [1.54, 1.807) is 31.2 Å². The molecule has 0 saturated heterocycles. The Morgan fingerprint density at radius 1 is 1.44 bits per heavy atom. The average molecular weight is 249 g/mol. The largest absolute Gasteiger partial charge is 0.508 e. The van der Waals surface area contributed by atoms with Gasteiger partial charge in [0.15, 0.2) is 0 Å². The first-order chi connectivity index (χ1) is 8.67. The number of hydrogen-bond donors (Lipinski definition) is 1. The SMILES string of the molecule is CCOC(=O)/C=C/CN(CC)c1cccc(O)c1. The molecule has 0 spiro atoms. The molecule has 0 fully saturated rings.